The van der Waals surface area contributed by atoms with E-state index in [1.807, 2.05) is 0 Å². The van der Waals surface area contributed by atoms with Gasteiger partial charge >= 0.3 is 0 Å². The molecular formula is C13H21Si. The Morgan fingerprint density at radius 1 is 1.00 bits per heavy atom. The molecule has 0 atom stereocenters. The summed E-state index contributed by atoms with van der Waals surface area (Å²) in [6.45, 7) is 6.83. The maximum Gasteiger partial charge on any atom is 0.0476 e. The third-order valence-corrected chi connectivity index (χ3v) is 5.84. The highest BCUT2D eigenvalue weighted by Gasteiger charge is 2.05. The van der Waals surface area contributed by atoms with E-state index in [1.165, 1.54) is 35.7 Å². The van der Waals surface area contributed by atoms with Gasteiger partial charge in [0.05, 0.1) is 0 Å². The maximum atomic E-state index is 2.34. The second-order valence-electron chi connectivity index (χ2n) is 3.94. The first kappa shape index (κ1) is 11.5. The molecule has 0 amide bonds. The first-order chi connectivity index (χ1) is 6.76. The van der Waals surface area contributed by atoms with E-state index in [9.17, 15) is 0 Å². The smallest absolute Gasteiger partial charge is 0.0476 e. The lowest BCUT2D eigenvalue weighted by atomic mass is 10.1. The zero-order chi connectivity index (χ0) is 10.4. The Hall–Kier alpha value is -0.563. The molecule has 0 fully saturated rings. The minimum Gasteiger partial charge on any atom is -0.0680 e. The predicted octanol–water partition coefficient (Wildman–Crippen LogP) is 4.07. The lowest BCUT2D eigenvalue weighted by Gasteiger charge is -2.09. The van der Waals surface area contributed by atoms with Crippen molar-refractivity contribution in [2.24, 2.45) is 0 Å². The van der Waals surface area contributed by atoms with Crippen LogP contribution in [0.1, 0.15) is 25.0 Å². The third kappa shape index (κ3) is 3.67. The fourth-order valence-electron chi connectivity index (χ4n) is 1.68. The molecule has 1 rings (SSSR count). The van der Waals surface area contributed by atoms with Crippen LogP contribution in [0.2, 0.25) is 18.1 Å². The van der Waals surface area contributed by atoms with Crippen molar-refractivity contribution < 1.29 is 0 Å². The zero-order valence-electron chi connectivity index (χ0n) is 9.64. The first-order valence-electron chi connectivity index (χ1n) is 5.65. The Morgan fingerprint density at radius 3 is 2.07 bits per heavy atom. The predicted molar refractivity (Wildman–Crippen MR) is 66.4 cm³/mol. The highest BCUT2D eigenvalue weighted by atomic mass is 28.3. The van der Waals surface area contributed by atoms with Crippen molar-refractivity contribution >= 4 is 8.80 Å². The summed E-state index contributed by atoms with van der Waals surface area (Å²) >= 11 is 0. The van der Waals surface area contributed by atoms with Crippen molar-refractivity contribution in [3.05, 3.63) is 35.4 Å². The van der Waals surface area contributed by atoms with Crippen molar-refractivity contribution in [1.82, 2.24) is 0 Å². The molecule has 14 heavy (non-hydrogen) atoms. The fraction of sp³-hybridized carbons (Fsp3) is 0.538. The van der Waals surface area contributed by atoms with Crippen LogP contribution >= 0.6 is 0 Å². The van der Waals surface area contributed by atoms with Gasteiger partial charge in [0, 0.05) is 8.80 Å². The molecule has 1 heteroatoms. The van der Waals surface area contributed by atoms with Crippen LogP contribution in [-0.4, -0.2) is 8.80 Å². The first-order valence-corrected chi connectivity index (χ1v) is 7.77. The van der Waals surface area contributed by atoms with Crippen molar-refractivity contribution in [2.75, 3.05) is 0 Å². The molecule has 1 aromatic carbocycles. The SMILES string of the molecule is CC[Si](CC)CCc1ccc(C)cc1. The normalized spacial score (nSPS) is 10.9. The molecule has 0 aromatic heterocycles. The van der Waals surface area contributed by atoms with E-state index in [4.69, 9.17) is 0 Å². The monoisotopic (exact) mass is 205 g/mol. The molecule has 0 aliphatic rings. The number of hydrogen-bond acceptors (Lipinski definition) is 0. The van der Waals surface area contributed by atoms with Crippen molar-refractivity contribution in [3.8, 4) is 0 Å². The van der Waals surface area contributed by atoms with Gasteiger partial charge in [-0.25, -0.2) is 0 Å². The lowest BCUT2D eigenvalue weighted by Crippen LogP contribution is -2.09. The van der Waals surface area contributed by atoms with Crippen LogP contribution in [0.15, 0.2) is 24.3 Å². The molecule has 0 N–H and O–H groups in total. The molecule has 0 aliphatic heterocycles. The lowest BCUT2D eigenvalue weighted by molar-refractivity contribution is 1.08. The van der Waals surface area contributed by atoms with E-state index in [2.05, 4.69) is 45.0 Å². The Kier molecular flexibility index (Phi) is 4.95. The number of hydrogen-bond donors (Lipinski definition) is 0. The number of benzene rings is 1. The Bertz CT molecular complexity index is 246. The maximum absolute atomic E-state index is 2.34. The topological polar surface area (TPSA) is 0 Å². The van der Waals surface area contributed by atoms with Gasteiger partial charge in [-0.05, 0) is 18.9 Å². The van der Waals surface area contributed by atoms with Gasteiger partial charge in [0.15, 0.2) is 0 Å². The third-order valence-electron chi connectivity index (χ3n) is 2.89. The second kappa shape index (κ2) is 6.02. The van der Waals surface area contributed by atoms with E-state index in [-0.39, 0.29) is 8.80 Å². The molecule has 1 aromatic rings. The van der Waals surface area contributed by atoms with Gasteiger partial charge < -0.3 is 0 Å². The number of rotatable bonds is 5. The van der Waals surface area contributed by atoms with E-state index in [1.54, 1.807) is 0 Å². The highest BCUT2D eigenvalue weighted by molar-refractivity contribution is 6.58. The molecule has 0 aliphatic carbocycles. The van der Waals surface area contributed by atoms with E-state index < -0.39 is 0 Å². The summed E-state index contributed by atoms with van der Waals surface area (Å²) < 4.78 is 0. The second-order valence-corrected chi connectivity index (χ2v) is 7.36. The largest absolute Gasteiger partial charge is 0.0680 e. The molecule has 77 valence electrons. The molecule has 0 saturated carbocycles. The minimum atomic E-state index is -0.0309. The minimum absolute atomic E-state index is 0.0309. The van der Waals surface area contributed by atoms with Gasteiger partial charge in [-0.1, -0.05) is 61.8 Å². The summed E-state index contributed by atoms with van der Waals surface area (Å²) in [6, 6.07) is 13.3. The van der Waals surface area contributed by atoms with Crippen LogP contribution < -0.4 is 0 Å². The van der Waals surface area contributed by atoms with Crippen LogP contribution in [0.5, 0.6) is 0 Å². The average molecular weight is 205 g/mol. The summed E-state index contributed by atoms with van der Waals surface area (Å²) in [5.74, 6) is 0. The summed E-state index contributed by atoms with van der Waals surface area (Å²) in [7, 11) is -0.0309. The summed E-state index contributed by atoms with van der Waals surface area (Å²) in [5, 5.41) is 0. The molecule has 0 saturated heterocycles. The van der Waals surface area contributed by atoms with Gasteiger partial charge in [0.2, 0.25) is 0 Å². The molecule has 0 unspecified atom stereocenters. The Labute approximate surface area is 90.0 Å². The standard InChI is InChI=1S/C13H21Si/c1-4-14(5-2)11-10-13-8-6-12(3)7-9-13/h6-9H,4-5,10-11H2,1-3H3. The molecule has 0 spiro atoms. The van der Waals surface area contributed by atoms with Gasteiger partial charge in [0.25, 0.3) is 0 Å². The highest BCUT2D eigenvalue weighted by Crippen LogP contribution is 2.11. The molecule has 0 heterocycles. The van der Waals surface area contributed by atoms with Crippen LogP contribution in [-0.2, 0) is 6.42 Å². The summed E-state index contributed by atoms with van der Waals surface area (Å²) in [6.07, 6.45) is 1.29. The van der Waals surface area contributed by atoms with Crippen LogP contribution in [0.25, 0.3) is 0 Å². The van der Waals surface area contributed by atoms with Crippen molar-refractivity contribution in [3.63, 3.8) is 0 Å². The van der Waals surface area contributed by atoms with Gasteiger partial charge in [-0.15, -0.1) is 0 Å². The van der Waals surface area contributed by atoms with Crippen molar-refractivity contribution in [1.29, 1.82) is 0 Å². The van der Waals surface area contributed by atoms with Crippen LogP contribution in [0.3, 0.4) is 0 Å². The van der Waals surface area contributed by atoms with Gasteiger partial charge in [-0.3, -0.25) is 0 Å². The van der Waals surface area contributed by atoms with Crippen LogP contribution in [0, 0.1) is 6.92 Å². The van der Waals surface area contributed by atoms with Crippen molar-refractivity contribution in [2.45, 2.75) is 45.3 Å². The number of aryl methyl sites for hydroxylation is 2. The zero-order valence-corrected chi connectivity index (χ0v) is 10.6. The Morgan fingerprint density at radius 2 is 1.57 bits per heavy atom. The molecule has 1 radical (unpaired) electrons. The molecular weight excluding hydrogens is 184 g/mol. The molecule has 0 nitrogen and oxygen atoms in total. The van der Waals surface area contributed by atoms with Crippen LogP contribution in [0.4, 0.5) is 0 Å². The quantitative estimate of drug-likeness (QED) is 0.636. The molecule has 0 bridgehead atoms. The summed E-state index contributed by atoms with van der Waals surface area (Å²) in [5.41, 5.74) is 2.88. The van der Waals surface area contributed by atoms with Gasteiger partial charge in [0.1, 0.15) is 0 Å². The van der Waals surface area contributed by atoms with Gasteiger partial charge in [-0.2, -0.15) is 0 Å². The average Bonchev–Trinajstić information content (AvgIpc) is 2.22. The van der Waals surface area contributed by atoms with E-state index in [0.717, 1.165) is 0 Å². The van der Waals surface area contributed by atoms with E-state index in [0.29, 0.717) is 0 Å². The fourth-order valence-corrected chi connectivity index (χ4v) is 3.53. The van der Waals surface area contributed by atoms with E-state index >= 15 is 0 Å². The Balaban J connectivity index is 2.41. The summed E-state index contributed by atoms with van der Waals surface area (Å²) in [4.78, 5) is 0.